The molecule has 0 spiro atoms. The quantitative estimate of drug-likeness (QED) is 0.707. The predicted octanol–water partition coefficient (Wildman–Crippen LogP) is 1.22. The van der Waals surface area contributed by atoms with Crippen LogP contribution in [0.2, 0.25) is 0 Å². The SMILES string of the molecule is CC(C)CC(CNC(=O)CC(N)C(C)C)N1CCOCC1. The lowest BCUT2D eigenvalue weighted by molar-refractivity contribution is -0.122. The van der Waals surface area contributed by atoms with Gasteiger partial charge >= 0.3 is 0 Å². The molecule has 1 rings (SSSR count). The number of nitrogens with zero attached hydrogens (tertiary/aromatic N) is 1. The van der Waals surface area contributed by atoms with Crippen LogP contribution in [0.5, 0.6) is 0 Å². The van der Waals surface area contributed by atoms with Crippen LogP contribution in [0, 0.1) is 11.8 Å². The van der Waals surface area contributed by atoms with Crippen LogP contribution in [-0.4, -0.2) is 55.7 Å². The summed E-state index contributed by atoms with van der Waals surface area (Å²) in [6.45, 7) is 12.8. The van der Waals surface area contributed by atoms with E-state index in [9.17, 15) is 4.79 Å². The zero-order valence-electron chi connectivity index (χ0n) is 14.1. The highest BCUT2D eigenvalue weighted by molar-refractivity contribution is 5.76. The Morgan fingerprint density at radius 1 is 1.24 bits per heavy atom. The third-order valence-corrected chi connectivity index (χ3v) is 4.12. The van der Waals surface area contributed by atoms with Crippen molar-refractivity contribution in [2.24, 2.45) is 17.6 Å². The molecule has 5 nitrogen and oxygen atoms in total. The number of hydrogen-bond donors (Lipinski definition) is 2. The molecule has 2 atom stereocenters. The average Bonchev–Trinajstić information content (AvgIpc) is 2.43. The molecule has 1 amide bonds. The van der Waals surface area contributed by atoms with Gasteiger partial charge in [-0.05, 0) is 18.3 Å². The average molecular weight is 299 g/mol. The molecular formula is C16H33N3O2. The fourth-order valence-electron chi connectivity index (χ4n) is 2.60. The van der Waals surface area contributed by atoms with Crippen LogP contribution in [0.3, 0.4) is 0 Å². The number of morpholine rings is 1. The minimum atomic E-state index is -0.0584. The van der Waals surface area contributed by atoms with E-state index in [1.165, 1.54) is 0 Å². The lowest BCUT2D eigenvalue weighted by Crippen LogP contribution is -2.49. The van der Waals surface area contributed by atoms with Crippen molar-refractivity contribution in [2.45, 2.75) is 52.6 Å². The van der Waals surface area contributed by atoms with E-state index in [1.807, 2.05) is 13.8 Å². The molecule has 0 aromatic rings. The van der Waals surface area contributed by atoms with Gasteiger partial charge in [-0.15, -0.1) is 0 Å². The predicted molar refractivity (Wildman–Crippen MR) is 86.1 cm³/mol. The normalized spacial score (nSPS) is 19.8. The largest absolute Gasteiger partial charge is 0.379 e. The van der Waals surface area contributed by atoms with Crippen LogP contribution in [0.1, 0.15) is 40.5 Å². The van der Waals surface area contributed by atoms with E-state index in [1.54, 1.807) is 0 Å². The van der Waals surface area contributed by atoms with Gasteiger partial charge in [0.2, 0.25) is 5.91 Å². The number of hydrogen-bond acceptors (Lipinski definition) is 4. The monoisotopic (exact) mass is 299 g/mol. The number of rotatable bonds is 8. The molecular weight excluding hydrogens is 266 g/mol. The summed E-state index contributed by atoms with van der Waals surface area (Å²) in [6, 6.07) is 0.338. The van der Waals surface area contributed by atoms with Gasteiger partial charge in [0.25, 0.3) is 0 Å². The molecule has 0 aromatic heterocycles. The first-order valence-corrected chi connectivity index (χ1v) is 8.24. The van der Waals surface area contributed by atoms with Gasteiger partial charge in [0.15, 0.2) is 0 Å². The second-order valence-corrected chi connectivity index (χ2v) is 6.85. The first kappa shape index (κ1) is 18.4. The summed E-state index contributed by atoms with van der Waals surface area (Å²) in [7, 11) is 0. The molecule has 124 valence electrons. The van der Waals surface area contributed by atoms with Gasteiger partial charge in [-0.3, -0.25) is 9.69 Å². The number of carbonyl (C=O) groups is 1. The first-order valence-electron chi connectivity index (χ1n) is 8.24. The van der Waals surface area contributed by atoms with Gasteiger partial charge in [0.05, 0.1) is 13.2 Å². The Bertz CT molecular complexity index is 302. The number of nitrogens with one attached hydrogen (secondary N) is 1. The van der Waals surface area contributed by atoms with Crippen LogP contribution in [-0.2, 0) is 9.53 Å². The van der Waals surface area contributed by atoms with Crippen molar-refractivity contribution in [2.75, 3.05) is 32.8 Å². The maximum absolute atomic E-state index is 12.0. The molecule has 0 aromatic carbocycles. The molecule has 1 aliphatic rings. The topological polar surface area (TPSA) is 67.6 Å². The lowest BCUT2D eigenvalue weighted by Gasteiger charge is -2.35. The number of nitrogens with two attached hydrogens (primary N) is 1. The van der Waals surface area contributed by atoms with E-state index in [2.05, 4.69) is 24.1 Å². The van der Waals surface area contributed by atoms with Crippen molar-refractivity contribution >= 4 is 5.91 Å². The highest BCUT2D eigenvalue weighted by Crippen LogP contribution is 2.13. The zero-order valence-corrected chi connectivity index (χ0v) is 14.1. The molecule has 5 heteroatoms. The Kier molecular flexibility index (Phi) is 8.22. The summed E-state index contributed by atoms with van der Waals surface area (Å²) in [5.74, 6) is 1.02. The molecule has 1 fully saturated rings. The molecule has 0 radical (unpaired) electrons. The fraction of sp³-hybridized carbons (Fsp3) is 0.938. The van der Waals surface area contributed by atoms with Gasteiger partial charge in [-0.2, -0.15) is 0 Å². The summed E-state index contributed by atoms with van der Waals surface area (Å²) < 4.78 is 5.41. The van der Waals surface area contributed by atoms with Crippen molar-refractivity contribution in [1.82, 2.24) is 10.2 Å². The van der Waals surface area contributed by atoms with Crippen LogP contribution < -0.4 is 11.1 Å². The van der Waals surface area contributed by atoms with Crippen LogP contribution >= 0.6 is 0 Å². The molecule has 3 N–H and O–H groups in total. The third kappa shape index (κ3) is 7.25. The van der Waals surface area contributed by atoms with E-state index in [0.717, 1.165) is 32.7 Å². The second kappa shape index (κ2) is 9.38. The molecule has 1 saturated heterocycles. The molecule has 0 bridgehead atoms. The van der Waals surface area contributed by atoms with E-state index in [4.69, 9.17) is 10.5 Å². The third-order valence-electron chi connectivity index (χ3n) is 4.12. The highest BCUT2D eigenvalue weighted by atomic mass is 16.5. The number of ether oxygens (including phenoxy) is 1. The minimum Gasteiger partial charge on any atom is -0.379 e. The Labute approximate surface area is 129 Å². The van der Waals surface area contributed by atoms with Crippen molar-refractivity contribution in [3.05, 3.63) is 0 Å². The van der Waals surface area contributed by atoms with E-state index >= 15 is 0 Å². The molecule has 0 aliphatic carbocycles. The molecule has 2 unspecified atom stereocenters. The van der Waals surface area contributed by atoms with Gasteiger partial charge in [-0.25, -0.2) is 0 Å². The summed E-state index contributed by atoms with van der Waals surface area (Å²) in [6.07, 6.45) is 1.51. The maximum Gasteiger partial charge on any atom is 0.221 e. The van der Waals surface area contributed by atoms with Crippen LogP contribution in [0.15, 0.2) is 0 Å². The summed E-state index contributed by atoms with van der Waals surface area (Å²) >= 11 is 0. The molecule has 0 saturated carbocycles. The van der Waals surface area contributed by atoms with Crippen LogP contribution in [0.25, 0.3) is 0 Å². The molecule has 21 heavy (non-hydrogen) atoms. The van der Waals surface area contributed by atoms with Gasteiger partial charge in [0, 0.05) is 38.1 Å². The Hall–Kier alpha value is -0.650. The Morgan fingerprint density at radius 2 is 1.86 bits per heavy atom. The summed E-state index contributed by atoms with van der Waals surface area (Å²) in [5, 5.41) is 3.07. The van der Waals surface area contributed by atoms with Gasteiger partial charge < -0.3 is 15.8 Å². The van der Waals surface area contributed by atoms with Crippen molar-refractivity contribution < 1.29 is 9.53 Å². The molecule has 1 aliphatic heterocycles. The summed E-state index contributed by atoms with van der Waals surface area (Å²) in [4.78, 5) is 14.4. The van der Waals surface area contributed by atoms with Crippen LogP contribution in [0.4, 0.5) is 0 Å². The Balaban J connectivity index is 2.43. The summed E-state index contributed by atoms with van der Waals surface area (Å²) in [5.41, 5.74) is 5.96. The zero-order chi connectivity index (χ0) is 15.8. The van der Waals surface area contributed by atoms with Gasteiger partial charge in [-0.1, -0.05) is 27.7 Å². The minimum absolute atomic E-state index is 0.0584. The molecule has 1 heterocycles. The highest BCUT2D eigenvalue weighted by Gasteiger charge is 2.23. The van der Waals surface area contributed by atoms with Gasteiger partial charge in [0.1, 0.15) is 0 Å². The lowest BCUT2D eigenvalue weighted by atomic mass is 10.0. The van der Waals surface area contributed by atoms with E-state index in [0.29, 0.717) is 30.8 Å². The maximum atomic E-state index is 12.0. The number of amides is 1. The number of carbonyl (C=O) groups excluding carboxylic acids is 1. The Morgan fingerprint density at radius 3 is 2.38 bits per heavy atom. The van der Waals surface area contributed by atoms with E-state index in [-0.39, 0.29) is 11.9 Å². The first-order chi connectivity index (χ1) is 9.90. The van der Waals surface area contributed by atoms with Crippen molar-refractivity contribution in [3.63, 3.8) is 0 Å². The van der Waals surface area contributed by atoms with Crippen molar-refractivity contribution in [1.29, 1.82) is 0 Å². The fourth-order valence-corrected chi connectivity index (χ4v) is 2.60. The van der Waals surface area contributed by atoms with Crippen molar-refractivity contribution in [3.8, 4) is 0 Å². The smallest absolute Gasteiger partial charge is 0.221 e. The van der Waals surface area contributed by atoms with E-state index < -0.39 is 0 Å². The second-order valence-electron chi connectivity index (χ2n) is 6.85. The standard InChI is InChI=1S/C16H33N3O2/c1-12(2)9-14(19-5-7-21-8-6-19)11-18-16(20)10-15(17)13(3)4/h12-15H,5-11,17H2,1-4H3,(H,18,20).